The van der Waals surface area contributed by atoms with Crippen molar-refractivity contribution >= 4 is 11.6 Å². The highest BCUT2D eigenvalue weighted by Gasteiger charge is 2.39. The topological polar surface area (TPSA) is 44.4 Å². The molecule has 0 aromatic heterocycles. The van der Waals surface area contributed by atoms with Crippen molar-refractivity contribution in [3.63, 3.8) is 0 Å². The Labute approximate surface area is 127 Å². The van der Waals surface area contributed by atoms with Crippen LogP contribution in [0.2, 0.25) is 0 Å². The highest BCUT2D eigenvalue weighted by molar-refractivity contribution is 5.95. The first-order valence-electron chi connectivity index (χ1n) is 7.79. The summed E-state index contributed by atoms with van der Waals surface area (Å²) in [6.45, 7) is 5.71. The van der Waals surface area contributed by atoms with Crippen LogP contribution in [0.4, 0.5) is 5.69 Å². The fraction of sp³-hybridized carbons (Fsp3) is 0.588. The Bertz CT molecular complexity index is 507. The van der Waals surface area contributed by atoms with E-state index in [2.05, 4.69) is 36.6 Å². The van der Waals surface area contributed by atoms with Crippen molar-refractivity contribution < 1.29 is 4.79 Å². The van der Waals surface area contributed by atoms with Crippen molar-refractivity contribution in [3.05, 3.63) is 29.3 Å². The number of likely N-dealkylation sites (N-methyl/N-ethyl adjacent to an activating group) is 1. The molecule has 0 atom stereocenters. The minimum atomic E-state index is 0.0225. The number of anilines is 1. The van der Waals surface area contributed by atoms with Gasteiger partial charge in [-0.25, -0.2) is 0 Å². The fourth-order valence-corrected chi connectivity index (χ4v) is 2.91. The largest absolute Gasteiger partial charge is 0.385 e. The van der Waals surface area contributed by atoms with Crippen LogP contribution in [0.15, 0.2) is 18.2 Å². The quantitative estimate of drug-likeness (QED) is 0.846. The number of nitrogens with zero attached hydrogens (tertiary/aromatic N) is 1. The molecule has 2 rings (SSSR count). The molecule has 0 bridgehead atoms. The van der Waals surface area contributed by atoms with E-state index in [9.17, 15) is 4.79 Å². The Balaban J connectivity index is 1.99. The lowest BCUT2D eigenvalue weighted by Crippen LogP contribution is -2.57. The first-order valence-corrected chi connectivity index (χ1v) is 7.79. The third kappa shape index (κ3) is 3.38. The van der Waals surface area contributed by atoms with Gasteiger partial charge in [0.25, 0.3) is 5.91 Å². The van der Waals surface area contributed by atoms with Crippen molar-refractivity contribution in [1.29, 1.82) is 0 Å². The maximum absolute atomic E-state index is 12.3. The van der Waals surface area contributed by atoms with Crippen LogP contribution >= 0.6 is 0 Å². The highest BCUT2D eigenvalue weighted by atomic mass is 16.1. The average Bonchev–Trinajstić information content (AvgIpc) is 2.39. The average molecular weight is 289 g/mol. The first-order chi connectivity index (χ1) is 9.98. The second kappa shape index (κ2) is 6.48. The predicted octanol–water partition coefficient (Wildman–Crippen LogP) is 2.64. The summed E-state index contributed by atoms with van der Waals surface area (Å²) < 4.78 is 0. The molecule has 1 aromatic rings. The minimum absolute atomic E-state index is 0.0225. The van der Waals surface area contributed by atoms with Gasteiger partial charge >= 0.3 is 0 Å². The van der Waals surface area contributed by atoms with Gasteiger partial charge in [-0.1, -0.05) is 0 Å². The van der Waals surface area contributed by atoms with Gasteiger partial charge in [-0.05, 0) is 71.0 Å². The number of amides is 1. The lowest BCUT2D eigenvalue weighted by atomic mass is 9.75. The molecule has 0 heterocycles. The van der Waals surface area contributed by atoms with Crippen LogP contribution in [-0.4, -0.2) is 43.5 Å². The number of hydrogen-bond donors (Lipinski definition) is 2. The van der Waals surface area contributed by atoms with Crippen LogP contribution in [-0.2, 0) is 0 Å². The summed E-state index contributed by atoms with van der Waals surface area (Å²) in [4.78, 5) is 14.6. The van der Waals surface area contributed by atoms with Gasteiger partial charge in [0.15, 0.2) is 0 Å². The molecule has 0 aliphatic heterocycles. The summed E-state index contributed by atoms with van der Waals surface area (Å²) in [7, 11) is 4.20. The number of benzene rings is 1. The smallest absolute Gasteiger partial charge is 0.251 e. The Kier molecular flexibility index (Phi) is 4.88. The third-order valence-corrected chi connectivity index (χ3v) is 4.67. The molecule has 21 heavy (non-hydrogen) atoms. The Morgan fingerprint density at radius 3 is 2.52 bits per heavy atom. The lowest BCUT2D eigenvalue weighted by molar-refractivity contribution is 0.0557. The fourth-order valence-electron chi connectivity index (χ4n) is 2.91. The van der Waals surface area contributed by atoms with E-state index in [0.29, 0.717) is 0 Å². The Hall–Kier alpha value is -1.55. The molecule has 116 valence electrons. The Morgan fingerprint density at radius 2 is 2.05 bits per heavy atom. The number of carbonyl (C=O) groups excluding carboxylic acids is 1. The molecule has 0 unspecified atom stereocenters. The maximum atomic E-state index is 12.3. The van der Waals surface area contributed by atoms with E-state index in [0.717, 1.165) is 29.9 Å². The molecule has 2 N–H and O–H groups in total. The number of carbonyl (C=O) groups is 1. The van der Waals surface area contributed by atoms with Crippen molar-refractivity contribution in [2.24, 2.45) is 0 Å². The first kappa shape index (κ1) is 15.8. The van der Waals surface area contributed by atoms with Crippen molar-refractivity contribution in [2.75, 3.05) is 32.5 Å². The molecular weight excluding hydrogens is 262 g/mol. The van der Waals surface area contributed by atoms with Crippen molar-refractivity contribution in [2.45, 2.75) is 38.6 Å². The van der Waals surface area contributed by atoms with Gasteiger partial charge in [0.2, 0.25) is 0 Å². The molecular formula is C17H27N3O. The number of hydrogen-bond acceptors (Lipinski definition) is 3. The predicted molar refractivity (Wildman–Crippen MR) is 87.9 cm³/mol. The van der Waals surface area contributed by atoms with Crippen LogP contribution in [0.25, 0.3) is 0 Å². The molecule has 1 amide bonds. The van der Waals surface area contributed by atoms with E-state index < -0.39 is 0 Å². The molecule has 0 saturated heterocycles. The second-order valence-corrected chi connectivity index (χ2v) is 6.22. The summed E-state index contributed by atoms with van der Waals surface area (Å²) in [5, 5.41) is 6.39. The zero-order valence-corrected chi connectivity index (χ0v) is 13.6. The minimum Gasteiger partial charge on any atom is -0.385 e. The summed E-state index contributed by atoms with van der Waals surface area (Å²) >= 11 is 0. The molecule has 1 fully saturated rings. The van der Waals surface area contributed by atoms with Gasteiger partial charge in [-0.2, -0.15) is 0 Å². The molecule has 1 aliphatic carbocycles. The van der Waals surface area contributed by atoms with E-state index in [1.807, 2.05) is 25.1 Å². The van der Waals surface area contributed by atoms with Gasteiger partial charge in [0, 0.05) is 29.9 Å². The zero-order chi connectivity index (χ0) is 15.5. The molecule has 4 heteroatoms. The number of nitrogens with one attached hydrogen (secondary N) is 2. The molecule has 1 aliphatic rings. The molecule has 1 saturated carbocycles. The van der Waals surface area contributed by atoms with Crippen LogP contribution in [0.3, 0.4) is 0 Å². The summed E-state index contributed by atoms with van der Waals surface area (Å²) in [5.74, 6) is 0.0225. The summed E-state index contributed by atoms with van der Waals surface area (Å²) in [6, 6.07) is 5.83. The zero-order valence-electron chi connectivity index (χ0n) is 13.6. The Morgan fingerprint density at radius 1 is 1.33 bits per heavy atom. The summed E-state index contributed by atoms with van der Waals surface area (Å²) in [6.07, 6.45) is 3.59. The maximum Gasteiger partial charge on any atom is 0.251 e. The molecule has 0 radical (unpaired) electrons. The third-order valence-electron chi connectivity index (χ3n) is 4.67. The van der Waals surface area contributed by atoms with Gasteiger partial charge < -0.3 is 15.5 Å². The molecule has 0 spiro atoms. The van der Waals surface area contributed by atoms with E-state index in [1.54, 1.807) is 0 Å². The second-order valence-electron chi connectivity index (χ2n) is 6.22. The SMILES string of the molecule is CCNc1ccc(C(=O)NCC2(N(C)C)CCC2)cc1C. The monoisotopic (exact) mass is 289 g/mol. The summed E-state index contributed by atoms with van der Waals surface area (Å²) in [5.41, 5.74) is 3.10. The van der Waals surface area contributed by atoms with Crippen LogP contribution in [0.5, 0.6) is 0 Å². The highest BCUT2D eigenvalue weighted by Crippen LogP contribution is 2.35. The van der Waals surface area contributed by atoms with Crippen LogP contribution in [0, 0.1) is 6.92 Å². The number of aryl methyl sites for hydroxylation is 1. The lowest BCUT2D eigenvalue weighted by Gasteiger charge is -2.47. The van der Waals surface area contributed by atoms with Gasteiger partial charge in [-0.3, -0.25) is 4.79 Å². The standard InChI is InChI=1S/C17H27N3O/c1-5-18-15-8-7-14(11-13(15)2)16(21)19-12-17(20(3)4)9-6-10-17/h7-8,11,18H,5-6,9-10,12H2,1-4H3,(H,19,21). The normalized spacial score (nSPS) is 16.4. The van der Waals surface area contributed by atoms with Crippen molar-refractivity contribution in [1.82, 2.24) is 10.2 Å². The van der Waals surface area contributed by atoms with E-state index >= 15 is 0 Å². The van der Waals surface area contributed by atoms with E-state index in [-0.39, 0.29) is 11.4 Å². The van der Waals surface area contributed by atoms with Crippen LogP contribution < -0.4 is 10.6 Å². The van der Waals surface area contributed by atoms with Gasteiger partial charge in [0.1, 0.15) is 0 Å². The van der Waals surface area contributed by atoms with Crippen LogP contribution in [0.1, 0.15) is 42.1 Å². The molecule has 4 nitrogen and oxygen atoms in total. The van der Waals surface area contributed by atoms with E-state index in [1.165, 1.54) is 19.3 Å². The molecule has 1 aromatic carbocycles. The van der Waals surface area contributed by atoms with E-state index in [4.69, 9.17) is 0 Å². The van der Waals surface area contributed by atoms with Crippen molar-refractivity contribution in [3.8, 4) is 0 Å². The van der Waals surface area contributed by atoms with Gasteiger partial charge in [0.05, 0.1) is 0 Å². The number of rotatable bonds is 6. The van der Waals surface area contributed by atoms with Gasteiger partial charge in [-0.15, -0.1) is 0 Å².